The van der Waals surface area contributed by atoms with Crippen LogP contribution in [0.2, 0.25) is 0 Å². The van der Waals surface area contributed by atoms with Gasteiger partial charge in [0.05, 0.1) is 11.7 Å². The fourth-order valence-corrected chi connectivity index (χ4v) is 4.11. The second-order valence-electron chi connectivity index (χ2n) is 6.55. The van der Waals surface area contributed by atoms with E-state index in [1.807, 2.05) is 12.1 Å². The summed E-state index contributed by atoms with van der Waals surface area (Å²) in [5.41, 5.74) is 1.34. The van der Waals surface area contributed by atoms with Gasteiger partial charge in [0.1, 0.15) is 11.7 Å². The number of hydrogen-bond acceptors (Lipinski definition) is 4. The number of carboxylic acid groups (broad SMARTS) is 1. The van der Waals surface area contributed by atoms with Crippen molar-refractivity contribution in [3.63, 3.8) is 0 Å². The van der Waals surface area contributed by atoms with E-state index in [4.69, 9.17) is 0 Å². The molecule has 1 aromatic heterocycles. The molecule has 1 aromatic rings. The van der Waals surface area contributed by atoms with E-state index in [-0.39, 0.29) is 59.0 Å². The van der Waals surface area contributed by atoms with E-state index in [1.54, 1.807) is 29.3 Å². The number of β-lactam (4-membered cyclic amide) rings is 1. The molecular formula is C18H18N3NaO4. The summed E-state index contributed by atoms with van der Waals surface area (Å²) in [4.78, 5) is 43.2. The van der Waals surface area contributed by atoms with Crippen molar-refractivity contribution in [2.45, 2.75) is 25.4 Å². The van der Waals surface area contributed by atoms with Crippen molar-refractivity contribution in [2.75, 3.05) is 6.54 Å². The van der Waals surface area contributed by atoms with Crippen molar-refractivity contribution in [1.82, 2.24) is 14.8 Å². The average molecular weight is 363 g/mol. The molecule has 4 rings (SSSR count). The molecule has 4 heterocycles. The number of pyridine rings is 1. The zero-order valence-corrected chi connectivity index (χ0v) is 13.6. The quantitative estimate of drug-likeness (QED) is 0.614. The van der Waals surface area contributed by atoms with Crippen LogP contribution in [-0.4, -0.2) is 85.9 Å². The Labute approximate surface area is 172 Å². The van der Waals surface area contributed by atoms with E-state index < -0.39 is 12.0 Å². The first kappa shape index (κ1) is 18.8. The Bertz CT molecular complexity index is 836. The van der Waals surface area contributed by atoms with Crippen LogP contribution in [0.15, 0.2) is 41.7 Å². The number of rotatable bonds is 3. The van der Waals surface area contributed by atoms with Crippen molar-refractivity contribution in [3.8, 4) is 0 Å². The molecule has 0 spiro atoms. The topological polar surface area (TPSA) is 90.8 Å². The van der Waals surface area contributed by atoms with Crippen LogP contribution < -0.4 is 0 Å². The van der Waals surface area contributed by atoms with Crippen LogP contribution in [0.1, 0.15) is 19.0 Å². The molecule has 0 aromatic carbocycles. The molecule has 0 saturated carbocycles. The van der Waals surface area contributed by atoms with E-state index in [1.165, 1.54) is 11.8 Å². The number of amides is 2. The van der Waals surface area contributed by atoms with Crippen LogP contribution in [0.4, 0.5) is 0 Å². The summed E-state index contributed by atoms with van der Waals surface area (Å²) < 4.78 is 0. The molecule has 7 nitrogen and oxygen atoms in total. The van der Waals surface area contributed by atoms with E-state index in [2.05, 4.69) is 4.98 Å². The number of carbonyl (C=O) groups excluding carboxylic acids is 2. The number of nitrogens with zero attached hydrogens (tertiary/aromatic N) is 3. The van der Waals surface area contributed by atoms with Gasteiger partial charge in [-0.25, -0.2) is 4.79 Å². The molecule has 0 radical (unpaired) electrons. The Balaban J connectivity index is 0.00000196. The van der Waals surface area contributed by atoms with Crippen LogP contribution in [0.3, 0.4) is 0 Å². The third-order valence-electron chi connectivity index (χ3n) is 5.14. The van der Waals surface area contributed by atoms with Gasteiger partial charge < -0.3 is 10.0 Å². The number of carbonyl (C=O) groups is 3. The van der Waals surface area contributed by atoms with E-state index in [9.17, 15) is 19.5 Å². The SMILES string of the molecule is CC(=O)N1C[C@H]2CC(/C=C/c3ccccn3)=C(C(=O)O)N3C(=O)[C@@H]1[C@@H]23.[NaH]. The molecule has 1 N–H and O–H groups in total. The summed E-state index contributed by atoms with van der Waals surface area (Å²) >= 11 is 0. The Kier molecular flexibility index (Phi) is 5.05. The Hall–Kier alpha value is -1.96. The number of allylic oxidation sites excluding steroid dienone is 2. The second-order valence-corrected chi connectivity index (χ2v) is 6.55. The molecule has 0 unspecified atom stereocenters. The molecule has 2 saturated heterocycles. The molecule has 2 amide bonds. The van der Waals surface area contributed by atoms with Crippen LogP contribution in [0, 0.1) is 5.92 Å². The minimum atomic E-state index is -1.12. The fraction of sp³-hybridized carbons (Fsp3) is 0.333. The zero-order valence-electron chi connectivity index (χ0n) is 13.6. The van der Waals surface area contributed by atoms with Crippen molar-refractivity contribution < 1.29 is 19.5 Å². The minimum absolute atomic E-state index is 0. The number of carboxylic acids is 1. The molecule has 0 aliphatic carbocycles. The maximum absolute atomic E-state index is 12.5. The first-order valence-electron chi connectivity index (χ1n) is 8.15. The predicted octanol–water partition coefficient (Wildman–Crippen LogP) is 0.246. The van der Waals surface area contributed by atoms with Crippen molar-refractivity contribution >= 4 is 53.4 Å². The van der Waals surface area contributed by atoms with Crippen molar-refractivity contribution in [3.05, 3.63) is 47.4 Å². The fourth-order valence-electron chi connectivity index (χ4n) is 4.11. The molecule has 3 atom stereocenters. The molecule has 26 heavy (non-hydrogen) atoms. The summed E-state index contributed by atoms with van der Waals surface area (Å²) in [6.45, 7) is 1.93. The van der Waals surface area contributed by atoms with Gasteiger partial charge in [-0.2, -0.15) is 0 Å². The Morgan fingerprint density at radius 1 is 1.31 bits per heavy atom. The van der Waals surface area contributed by atoms with E-state index >= 15 is 0 Å². The van der Waals surface area contributed by atoms with Gasteiger partial charge in [-0.1, -0.05) is 12.1 Å². The Morgan fingerprint density at radius 3 is 2.69 bits per heavy atom. The zero-order chi connectivity index (χ0) is 17.7. The van der Waals surface area contributed by atoms with Crippen molar-refractivity contribution in [2.24, 2.45) is 5.92 Å². The van der Waals surface area contributed by atoms with E-state index in [0.29, 0.717) is 24.2 Å². The number of aromatic nitrogens is 1. The summed E-state index contributed by atoms with van der Waals surface area (Å²) in [6.07, 6.45) is 5.66. The maximum atomic E-state index is 12.5. The summed E-state index contributed by atoms with van der Waals surface area (Å²) in [5, 5.41) is 9.63. The third-order valence-corrected chi connectivity index (χ3v) is 5.14. The average Bonchev–Trinajstić information content (AvgIpc) is 2.96. The van der Waals surface area contributed by atoms with Gasteiger partial charge in [-0.05, 0) is 30.2 Å². The van der Waals surface area contributed by atoms with Crippen molar-refractivity contribution in [1.29, 1.82) is 0 Å². The van der Waals surface area contributed by atoms with Crippen LogP contribution in [0.5, 0.6) is 0 Å². The van der Waals surface area contributed by atoms with Gasteiger partial charge in [0.25, 0.3) is 5.91 Å². The summed E-state index contributed by atoms with van der Waals surface area (Å²) in [7, 11) is 0. The van der Waals surface area contributed by atoms with Gasteiger partial charge in [0.2, 0.25) is 5.91 Å². The molecule has 130 valence electrons. The van der Waals surface area contributed by atoms with Crippen LogP contribution in [0.25, 0.3) is 6.08 Å². The molecular weight excluding hydrogens is 345 g/mol. The summed E-state index contributed by atoms with van der Waals surface area (Å²) in [5.74, 6) is -1.50. The normalized spacial score (nSPS) is 26.5. The van der Waals surface area contributed by atoms with Gasteiger partial charge in [-0.3, -0.25) is 19.5 Å². The standard InChI is InChI=1S/C18H17N3O4.Na.H/c1-10(22)20-9-12-8-11(5-6-13-4-2-3-7-19-13)15(18(24)25)21-14(12)16(20)17(21)23;;/h2-7,12,14,16H,8-9H2,1H3,(H,24,25);;/b6-5+;;/t12-,14-,16+;;/m1../s1. The van der Waals surface area contributed by atoms with Gasteiger partial charge in [-0.15, -0.1) is 0 Å². The first-order chi connectivity index (χ1) is 12.0. The van der Waals surface area contributed by atoms with E-state index in [0.717, 1.165) is 0 Å². The van der Waals surface area contributed by atoms with Crippen LogP contribution >= 0.6 is 0 Å². The molecule has 0 bridgehead atoms. The Morgan fingerprint density at radius 2 is 2.08 bits per heavy atom. The number of aliphatic carboxylic acids is 1. The first-order valence-corrected chi connectivity index (χ1v) is 8.15. The predicted molar refractivity (Wildman–Crippen MR) is 95.0 cm³/mol. The van der Waals surface area contributed by atoms with Gasteiger partial charge >= 0.3 is 35.5 Å². The van der Waals surface area contributed by atoms with Gasteiger partial charge in [0, 0.05) is 25.6 Å². The summed E-state index contributed by atoms with van der Waals surface area (Å²) in [6, 6.07) is 4.76. The molecule has 2 fully saturated rings. The van der Waals surface area contributed by atoms with Crippen LogP contribution in [-0.2, 0) is 14.4 Å². The monoisotopic (exact) mass is 363 g/mol. The number of hydrogen-bond donors (Lipinski definition) is 1. The molecule has 3 aliphatic rings. The number of likely N-dealkylation sites (tertiary alicyclic amines) is 1. The third kappa shape index (κ3) is 2.80. The second kappa shape index (κ2) is 6.98. The molecule has 8 heteroatoms. The molecule has 3 aliphatic heterocycles. The van der Waals surface area contributed by atoms with Gasteiger partial charge in [0.15, 0.2) is 0 Å².